The molecule has 0 atom stereocenters. The lowest BCUT2D eigenvalue weighted by Crippen LogP contribution is -2.41. The topological polar surface area (TPSA) is 45.6 Å². The number of ether oxygens (including phenoxy) is 2. The monoisotopic (exact) mass is 532 g/mol. The minimum absolute atomic E-state index is 0.152. The van der Waals surface area contributed by atoms with Crippen LogP contribution >= 0.6 is 0 Å². The average molecular weight is 533 g/mol. The fraction of sp³-hybridized carbons (Fsp3) is 0.714. The predicted octanol–water partition coefficient (Wildman–Crippen LogP) is 8.48. The van der Waals surface area contributed by atoms with Gasteiger partial charge in [0.25, 0.3) is 0 Å². The summed E-state index contributed by atoms with van der Waals surface area (Å²) in [7, 11) is -3.65. The lowest BCUT2D eigenvalue weighted by molar-refractivity contribution is 0.0738. The highest BCUT2D eigenvalue weighted by Gasteiger charge is 2.37. The van der Waals surface area contributed by atoms with E-state index in [1.54, 1.807) is 0 Å². The van der Waals surface area contributed by atoms with Gasteiger partial charge in [0.1, 0.15) is 0 Å². The van der Waals surface area contributed by atoms with Crippen molar-refractivity contribution < 1.29 is 18.3 Å². The molecule has 0 aliphatic rings. The van der Waals surface area contributed by atoms with E-state index in [9.17, 15) is 0 Å². The van der Waals surface area contributed by atoms with Crippen LogP contribution in [0, 0.1) is 27.0 Å². The molecule has 0 unspecified atom stereocenters. The smallest absolute Gasteiger partial charge is 0.198 e. The minimum Gasteiger partial charge on any atom is -0.414 e. The zero-order chi connectivity index (χ0) is 27.9. The van der Waals surface area contributed by atoms with Crippen molar-refractivity contribution in [2.45, 2.75) is 105 Å². The summed E-state index contributed by atoms with van der Waals surface area (Å²) in [4.78, 5) is 7.34. The number of hydrogen-bond acceptors (Lipinski definition) is 4. The molecule has 6 nitrogen and oxygen atoms in total. The van der Waals surface area contributed by atoms with Crippen molar-refractivity contribution in [3.8, 4) is 0 Å². The van der Waals surface area contributed by atoms with Crippen molar-refractivity contribution in [3.05, 3.63) is 45.1 Å². The van der Waals surface area contributed by atoms with Crippen LogP contribution in [0.5, 0.6) is 0 Å². The Morgan fingerprint density at radius 1 is 0.611 bits per heavy atom. The summed E-state index contributed by atoms with van der Waals surface area (Å²) in [6, 6.07) is 0. The van der Waals surface area contributed by atoms with Gasteiger partial charge in [-0.25, -0.2) is 9.69 Å². The third-order valence-corrected chi connectivity index (χ3v) is 17.0. The highest BCUT2D eigenvalue weighted by Crippen LogP contribution is 2.41. The molecular weight excluding hydrogens is 484 g/mol. The van der Waals surface area contributed by atoms with Gasteiger partial charge < -0.3 is 18.3 Å². The van der Waals surface area contributed by atoms with Crippen LogP contribution in [-0.4, -0.2) is 43.1 Å². The lowest BCUT2D eigenvalue weighted by atomic mass is 9.94. The van der Waals surface area contributed by atoms with Gasteiger partial charge in [0.15, 0.2) is 28.0 Å². The Bertz CT molecular complexity index is 899. The van der Waals surface area contributed by atoms with Gasteiger partial charge in [-0.3, -0.25) is 0 Å². The number of hydrogen-bond donors (Lipinski definition) is 0. The fourth-order valence-corrected chi connectivity index (χ4v) is 5.30. The molecule has 0 aliphatic heterocycles. The molecule has 1 rings (SSSR count). The molecule has 36 heavy (non-hydrogen) atoms. The van der Waals surface area contributed by atoms with Crippen LogP contribution in [0.2, 0.25) is 36.3 Å². The van der Waals surface area contributed by atoms with E-state index in [0.717, 1.165) is 22.3 Å². The SMILES string of the molecule is [C-]#[N+]c1c(C)c(COCCO[Si](C)(C)C(C)(C)C)c(COCCO[Si](C)(C)C(C)(C)C)c(C)c1[N+]#[C-]. The molecule has 0 radical (unpaired) electrons. The Hall–Kier alpha value is -1.53. The van der Waals surface area contributed by atoms with Gasteiger partial charge in [-0.05, 0) is 47.4 Å². The van der Waals surface area contributed by atoms with Crippen LogP contribution in [0.4, 0.5) is 11.4 Å². The molecule has 202 valence electrons. The maximum absolute atomic E-state index is 7.65. The average Bonchev–Trinajstić information content (AvgIpc) is 2.74. The Morgan fingerprint density at radius 2 is 0.917 bits per heavy atom. The van der Waals surface area contributed by atoms with Crippen molar-refractivity contribution in [1.29, 1.82) is 0 Å². The second kappa shape index (κ2) is 12.8. The normalized spacial score (nSPS) is 12.9. The van der Waals surface area contributed by atoms with Crippen LogP contribution in [0.1, 0.15) is 63.8 Å². The molecule has 0 saturated heterocycles. The summed E-state index contributed by atoms with van der Waals surface area (Å²) in [6.07, 6.45) is 0. The third-order valence-electron chi connectivity index (χ3n) is 7.91. The molecule has 0 N–H and O–H groups in total. The van der Waals surface area contributed by atoms with E-state index in [4.69, 9.17) is 31.5 Å². The predicted molar refractivity (Wildman–Crippen MR) is 154 cm³/mol. The molecule has 1 aromatic carbocycles. The quantitative estimate of drug-likeness (QED) is 0.154. The molecule has 0 saturated carbocycles. The fourth-order valence-electron chi connectivity index (χ4n) is 3.25. The van der Waals surface area contributed by atoms with Crippen molar-refractivity contribution in [3.63, 3.8) is 0 Å². The molecule has 0 spiro atoms. The Labute approximate surface area is 222 Å². The first-order chi connectivity index (χ1) is 16.4. The van der Waals surface area contributed by atoms with Crippen LogP contribution in [0.15, 0.2) is 0 Å². The van der Waals surface area contributed by atoms with E-state index < -0.39 is 16.6 Å². The molecule has 8 heteroatoms. The Balaban J connectivity index is 2.95. The van der Waals surface area contributed by atoms with Gasteiger partial charge in [0.05, 0.1) is 52.8 Å². The first-order valence-electron chi connectivity index (χ1n) is 12.7. The molecule has 1 aromatic rings. The first-order valence-corrected chi connectivity index (χ1v) is 18.6. The number of rotatable bonds is 12. The molecule has 0 heterocycles. The highest BCUT2D eigenvalue weighted by atomic mass is 28.4. The van der Waals surface area contributed by atoms with E-state index in [0.29, 0.717) is 51.0 Å². The molecule has 0 bridgehead atoms. The number of benzene rings is 1. The summed E-state index contributed by atoms with van der Waals surface area (Å²) < 4.78 is 24.5. The Kier molecular flexibility index (Phi) is 11.6. The van der Waals surface area contributed by atoms with Crippen molar-refractivity contribution >= 4 is 28.0 Å². The largest absolute Gasteiger partial charge is 0.414 e. The standard InChI is InChI=1S/C28H48N2O4Si2/c1-21-23(19-31-15-17-33-35(11,12)27(3,4)5)24(22(2)26(30-10)25(21)29-9)20-32-16-18-34-36(13,14)28(6,7)8/h15-20H2,1-8,11-14H3. The van der Waals surface area contributed by atoms with Gasteiger partial charge >= 0.3 is 0 Å². The van der Waals surface area contributed by atoms with E-state index in [-0.39, 0.29) is 10.1 Å². The van der Waals surface area contributed by atoms with Gasteiger partial charge in [0.2, 0.25) is 0 Å². The number of nitrogens with zero attached hydrogens (tertiary/aromatic N) is 2. The summed E-state index contributed by atoms with van der Waals surface area (Å²) in [5.74, 6) is 0. The van der Waals surface area contributed by atoms with E-state index in [2.05, 4.69) is 77.4 Å². The van der Waals surface area contributed by atoms with Gasteiger partial charge in [-0.1, -0.05) is 66.5 Å². The second-order valence-corrected chi connectivity index (χ2v) is 22.1. The second-order valence-electron chi connectivity index (χ2n) is 12.5. The zero-order valence-electron chi connectivity index (χ0n) is 24.8. The van der Waals surface area contributed by atoms with E-state index in [1.165, 1.54) is 0 Å². The maximum Gasteiger partial charge on any atom is 0.198 e. The first kappa shape index (κ1) is 32.5. The van der Waals surface area contributed by atoms with Crippen molar-refractivity contribution in [1.82, 2.24) is 0 Å². The van der Waals surface area contributed by atoms with Crippen molar-refractivity contribution in [2.75, 3.05) is 26.4 Å². The maximum atomic E-state index is 7.65. The lowest BCUT2D eigenvalue weighted by Gasteiger charge is -2.36. The molecule has 0 fully saturated rings. The molecule has 0 aromatic heterocycles. The third kappa shape index (κ3) is 8.24. The summed E-state index contributed by atoms with van der Waals surface area (Å²) in [5, 5.41) is 0.305. The minimum atomic E-state index is -1.83. The van der Waals surface area contributed by atoms with Crippen molar-refractivity contribution in [2.24, 2.45) is 0 Å². The van der Waals surface area contributed by atoms with Gasteiger partial charge in [-0.2, -0.15) is 0 Å². The van der Waals surface area contributed by atoms with E-state index >= 15 is 0 Å². The highest BCUT2D eigenvalue weighted by molar-refractivity contribution is 6.74. The van der Waals surface area contributed by atoms with Crippen LogP contribution in [-0.2, 0) is 31.5 Å². The van der Waals surface area contributed by atoms with E-state index in [1.807, 2.05) is 13.8 Å². The summed E-state index contributed by atoms with van der Waals surface area (Å²) >= 11 is 0. The zero-order valence-corrected chi connectivity index (χ0v) is 26.8. The van der Waals surface area contributed by atoms with Gasteiger partial charge in [0, 0.05) is 0 Å². The molecule has 0 aliphatic carbocycles. The van der Waals surface area contributed by atoms with Crippen LogP contribution < -0.4 is 0 Å². The summed E-state index contributed by atoms with van der Waals surface area (Å²) in [5.41, 5.74) is 4.27. The summed E-state index contributed by atoms with van der Waals surface area (Å²) in [6.45, 7) is 44.1. The van der Waals surface area contributed by atoms with Gasteiger partial charge in [-0.15, -0.1) is 0 Å². The molecular formula is C28H48N2O4Si2. The van der Waals surface area contributed by atoms with Crippen LogP contribution in [0.3, 0.4) is 0 Å². The Morgan fingerprint density at radius 3 is 1.17 bits per heavy atom. The molecule has 0 amide bonds. The van der Waals surface area contributed by atoms with Crippen LogP contribution in [0.25, 0.3) is 9.69 Å².